The molecule has 0 aromatic carbocycles. The maximum Gasteiger partial charge on any atom is 0.433 e. The molecule has 0 unspecified atom stereocenters. The number of halogens is 3. The summed E-state index contributed by atoms with van der Waals surface area (Å²) in [6, 6.07) is 9.59. The molecule has 0 radical (unpaired) electrons. The highest BCUT2D eigenvalue weighted by Crippen LogP contribution is 2.33. The quantitative estimate of drug-likeness (QED) is 0.729. The maximum atomic E-state index is 12.7. The largest absolute Gasteiger partial charge is 0.433 e. The molecule has 23 heavy (non-hydrogen) atoms. The predicted molar refractivity (Wildman–Crippen MR) is 77.2 cm³/mol. The predicted octanol–water partition coefficient (Wildman–Crippen LogP) is 2.75. The van der Waals surface area contributed by atoms with E-state index in [1.54, 1.807) is 6.07 Å². The van der Waals surface area contributed by atoms with Gasteiger partial charge >= 0.3 is 6.18 Å². The standard InChI is InChI=1S/C15H12F3N5/c16-15(17,18)11-4-3-6-12(19-11)22-8-10(9-22)14-21-20-13-5-1-2-7-23(13)14/h1-7,10H,8-9H2. The second kappa shape index (κ2) is 4.94. The summed E-state index contributed by atoms with van der Waals surface area (Å²) in [4.78, 5) is 5.51. The molecule has 3 aromatic heterocycles. The van der Waals surface area contributed by atoms with E-state index in [4.69, 9.17) is 0 Å². The molecule has 0 bridgehead atoms. The molecule has 0 aliphatic carbocycles. The molecule has 1 aliphatic heterocycles. The zero-order valence-corrected chi connectivity index (χ0v) is 11.9. The first-order chi connectivity index (χ1) is 11.0. The van der Waals surface area contributed by atoms with Gasteiger partial charge in [-0.15, -0.1) is 10.2 Å². The number of alkyl halides is 3. The lowest BCUT2D eigenvalue weighted by atomic mass is 9.99. The minimum Gasteiger partial charge on any atom is -0.355 e. The van der Waals surface area contributed by atoms with Gasteiger partial charge in [-0.25, -0.2) is 4.98 Å². The Morgan fingerprint density at radius 3 is 2.61 bits per heavy atom. The molecular weight excluding hydrogens is 307 g/mol. The summed E-state index contributed by atoms with van der Waals surface area (Å²) in [6.45, 7) is 1.15. The molecule has 1 saturated heterocycles. The van der Waals surface area contributed by atoms with Gasteiger partial charge in [0.15, 0.2) is 5.65 Å². The number of aromatic nitrogens is 4. The van der Waals surface area contributed by atoms with Crippen LogP contribution in [0, 0.1) is 0 Å². The Morgan fingerprint density at radius 2 is 1.83 bits per heavy atom. The molecule has 4 rings (SSSR count). The van der Waals surface area contributed by atoms with Gasteiger partial charge in [-0.05, 0) is 24.3 Å². The van der Waals surface area contributed by atoms with Gasteiger partial charge in [0.1, 0.15) is 17.3 Å². The van der Waals surface area contributed by atoms with E-state index >= 15 is 0 Å². The first kappa shape index (κ1) is 14.0. The Bertz CT molecular complexity index is 851. The summed E-state index contributed by atoms with van der Waals surface area (Å²) in [6.07, 6.45) is -2.54. The summed E-state index contributed by atoms with van der Waals surface area (Å²) >= 11 is 0. The van der Waals surface area contributed by atoms with Crippen LogP contribution in [0.5, 0.6) is 0 Å². The topological polar surface area (TPSA) is 46.3 Å². The maximum absolute atomic E-state index is 12.7. The SMILES string of the molecule is FC(F)(F)c1cccc(N2CC(c3nnc4ccccn34)C2)n1. The molecule has 0 N–H and O–H groups in total. The Morgan fingerprint density at radius 1 is 1.00 bits per heavy atom. The van der Waals surface area contributed by atoms with E-state index in [-0.39, 0.29) is 5.92 Å². The highest BCUT2D eigenvalue weighted by Gasteiger charge is 2.36. The molecule has 0 atom stereocenters. The van der Waals surface area contributed by atoms with Gasteiger partial charge in [0.25, 0.3) is 0 Å². The summed E-state index contributed by atoms with van der Waals surface area (Å²) in [5, 5.41) is 8.28. The van der Waals surface area contributed by atoms with Gasteiger partial charge in [-0.1, -0.05) is 12.1 Å². The van der Waals surface area contributed by atoms with Crippen LogP contribution in [0.2, 0.25) is 0 Å². The molecule has 5 nitrogen and oxygen atoms in total. The zero-order valence-electron chi connectivity index (χ0n) is 11.9. The van der Waals surface area contributed by atoms with E-state index in [2.05, 4.69) is 15.2 Å². The van der Waals surface area contributed by atoms with Crippen LogP contribution in [0.3, 0.4) is 0 Å². The van der Waals surface area contributed by atoms with E-state index in [0.29, 0.717) is 18.9 Å². The number of hydrogen-bond donors (Lipinski definition) is 0. The number of pyridine rings is 2. The summed E-state index contributed by atoms with van der Waals surface area (Å²) in [5.74, 6) is 1.29. The average Bonchev–Trinajstić information content (AvgIpc) is 2.89. The van der Waals surface area contributed by atoms with Crippen molar-refractivity contribution in [3.05, 3.63) is 54.1 Å². The number of hydrogen-bond acceptors (Lipinski definition) is 4. The van der Waals surface area contributed by atoms with E-state index in [0.717, 1.165) is 17.5 Å². The molecular formula is C15H12F3N5. The second-order valence-corrected chi connectivity index (χ2v) is 5.47. The molecule has 1 aliphatic rings. The Hall–Kier alpha value is -2.64. The van der Waals surface area contributed by atoms with E-state index in [1.165, 1.54) is 6.07 Å². The van der Waals surface area contributed by atoms with Gasteiger partial charge in [0, 0.05) is 19.3 Å². The van der Waals surface area contributed by atoms with Crippen LogP contribution >= 0.6 is 0 Å². The Kier molecular flexibility index (Phi) is 3.00. The van der Waals surface area contributed by atoms with Gasteiger partial charge < -0.3 is 4.90 Å². The van der Waals surface area contributed by atoms with Crippen LogP contribution in [0.25, 0.3) is 5.65 Å². The van der Waals surface area contributed by atoms with Crippen LogP contribution < -0.4 is 4.90 Å². The third-order valence-electron chi connectivity index (χ3n) is 3.94. The summed E-state index contributed by atoms with van der Waals surface area (Å²) in [7, 11) is 0. The highest BCUT2D eigenvalue weighted by molar-refractivity contribution is 5.46. The molecule has 0 saturated carbocycles. The molecule has 0 spiro atoms. The third-order valence-corrected chi connectivity index (χ3v) is 3.94. The molecule has 0 amide bonds. The van der Waals surface area contributed by atoms with Crippen LogP contribution in [0.4, 0.5) is 19.0 Å². The lowest BCUT2D eigenvalue weighted by Gasteiger charge is -2.39. The fraction of sp³-hybridized carbons (Fsp3) is 0.267. The van der Waals surface area contributed by atoms with E-state index in [9.17, 15) is 13.2 Å². The van der Waals surface area contributed by atoms with E-state index in [1.807, 2.05) is 33.7 Å². The van der Waals surface area contributed by atoms with Crippen molar-refractivity contribution in [2.45, 2.75) is 12.1 Å². The molecule has 8 heteroatoms. The lowest BCUT2D eigenvalue weighted by Crippen LogP contribution is -2.46. The molecule has 4 heterocycles. The fourth-order valence-electron chi connectivity index (χ4n) is 2.72. The normalized spacial score (nSPS) is 15.9. The van der Waals surface area contributed by atoms with E-state index < -0.39 is 11.9 Å². The summed E-state index contributed by atoms with van der Waals surface area (Å²) < 4.78 is 40.1. The van der Waals surface area contributed by atoms with Crippen molar-refractivity contribution in [1.82, 2.24) is 19.6 Å². The van der Waals surface area contributed by atoms with Crippen LogP contribution in [0.1, 0.15) is 17.4 Å². The fourth-order valence-corrected chi connectivity index (χ4v) is 2.72. The van der Waals surface area contributed by atoms with Crippen molar-refractivity contribution in [2.24, 2.45) is 0 Å². The van der Waals surface area contributed by atoms with Gasteiger partial charge in [-0.3, -0.25) is 4.40 Å². The second-order valence-electron chi connectivity index (χ2n) is 5.47. The minimum atomic E-state index is -4.43. The Labute approximate surface area is 129 Å². The minimum absolute atomic E-state index is 0.128. The van der Waals surface area contributed by atoms with Crippen molar-refractivity contribution in [2.75, 3.05) is 18.0 Å². The number of anilines is 1. The average molecular weight is 319 g/mol. The number of fused-ring (bicyclic) bond motifs is 1. The van der Waals surface area contributed by atoms with Crippen molar-refractivity contribution in [3.8, 4) is 0 Å². The van der Waals surface area contributed by atoms with Crippen molar-refractivity contribution >= 4 is 11.5 Å². The molecule has 1 fully saturated rings. The number of rotatable bonds is 2. The summed E-state index contributed by atoms with van der Waals surface area (Å²) in [5.41, 5.74) is -0.107. The first-order valence-corrected chi connectivity index (χ1v) is 7.11. The van der Waals surface area contributed by atoms with Crippen LogP contribution in [0.15, 0.2) is 42.6 Å². The van der Waals surface area contributed by atoms with Crippen molar-refractivity contribution in [3.63, 3.8) is 0 Å². The van der Waals surface area contributed by atoms with Crippen molar-refractivity contribution in [1.29, 1.82) is 0 Å². The third kappa shape index (κ3) is 2.39. The molecule has 3 aromatic rings. The number of nitrogens with zero attached hydrogens (tertiary/aromatic N) is 5. The molecule has 118 valence electrons. The Balaban J connectivity index is 1.54. The van der Waals surface area contributed by atoms with Crippen molar-refractivity contribution < 1.29 is 13.2 Å². The zero-order chi connectivity index (χ0) is 16.0. The van der Waals surface area contributed by atoms with Gasteiger partial charge in [-0.2, -0.15) is 13.2 Å². The monoisotopic (exact) mass is 319 g/mol. The van der Waals surface area contributed by atoms with Crippen LogP contribution in [-0.2, 0) is 6.18 Å². The van der Waals surface area contributed by atoms with Gasteiger partial charge in [0.05, 0.1) is 5.92 Å². The van der Waals surface area contributed by atoms with Gasteiger partial charge in [0.2, 0.25) is 0 Å². The van der Waals surface area contributed by atoms with Crippen LogP contribution in [-0.4, -0.2) is 32.7 Å². The highest BCUT2D eigenvalue weighted by atomic mass is 19.4. The smallest absolute Gasteiger partial charge is 0.355 e. The lowest BCUT2D eigenvalue weighted by molar-refractivity contribution is -0.141. The first-order valence-electron chi connectivity index (χ1n) is 7.11.